The number of fused-ring (bicyclic) bond motifs is 1. The third-order valence-electron chi connectivity index (χ3n) is 6.25. The molecular weight excluding hydrogens is 468 g/mol. The highest BCUT2D eigenvalue weighted by molar-refractivity contribution is 7.19. The topological polar surface area (TPSA) is 109 Å². The van der Waals surface area contributed by atoms with Crippen LogP contribution in [0.5, 0.6) is 5.75 Å². The van der Waals surface area contributed by atoms with Crippen molar-refractivity contribution in [3.05, 3.63) is 63.5 Å². The Kier molecular flexibility index (Phi) is 6.74. The van der Waals surface area contributed by atoms with Crippen LogP contribution in [0.25, 0.3) is 10.1 Å². The van der Waals surface area contributed by atoms with Crippen LogP contribution in [0.2, 0.25) is 5.02 Å². The Balaban J connectivity index is 1.73. The van der Waals surface area contributed by atoms with Crippen molar-refractivity contribution < 1.29 is 34.6 Å². The van der Waals surface area contributed by atoms with E-state index < -0.39 is 36.3 Å². The van der Waals surface area contributed by atoms with Gasteiger partial charge in [0.2, 0.25) is 5.79 Å². The maximum atomic E-state index is 10.8. The zero-order valence-corrected chi connectivity index (χ0v) is 20.1. The van der Waals surface area contributed by atoms with Gasteiger partial charge in [0, 0.05) is 33.7 Å². The fourth-order valence-corrected chi connectivity index (χ4v) is 5.52. The quantitative estimate of drug-likeness (QED) is 0.417. The van der Waals surface area contributed by atoms with Crippen molar-refractivity contribution in [2.45, 2.75) is 43.0 Å². The van der Waals surface area contributed by atoms with Gasteiger partial charge in [0.15, 0.2) is 0 Å². The van der Waals surface area contributed by atoms with Gasteiger partial charge < -0.3 is 34.6 Å². The number of methoxy groups -OCH3 is 2. The molecule has 2 aromatic carbocycles. The number of benzene rings is 2. The van der Waals surface area contributed by atoms with Crippen LogP contribution in [0, 0.1) is 0 Å². The summed E-state index contributed by atoms with van der Waals surface area (Å²) in [6.45, 7) is 0.859. The van der Waals surface area contributed by atoms with Crippen molar-refractivity contribution in [2.75, 3.05) is 20.8 Å². The summed E-state index contributed by atoms with van der Waals surface area (Å²) < 4.78 is 18.0. The van der Waals surface area contributed by atoms with E-state index in [1.807, 2.05) is 18.2 Å². The third kappa shape index (κ3) is 4.15. The minimum atomic E-state index is -1.82. The summed E-state index contributed by atoms with van der Waals surface area (Å²) in [5.41, 5.74) is -0.379. The molecule has 33 heavy (non-hydrogen) atoms. The van der Waals surface area contributed by atoms with E-state index in [9.17, 15) is 20.4 Å². The Hall–Kier alpha value is -1.75. The average Bonchev–Trinajstić information content (AvgIpc) is 3.23. The summed E-state index contributed by atoms with van der Waals surface area (Å²) in [6, 6.07) is 13.0. The van der Waals surface area contributed by atoms with E-state index in [-0.39, 0.29) is 0 Å². The molecular formula is C24H27ClO7S. The van der Waals surface area contributed by atoms with Gasteiger partial charge >= 0.3 is 0 Å². The van der Waals surface area contributed by atoms with Crippen LogP contribution in [0.3, 0.4) is 0 Å². The number of aliphatic hydroxyl groups is 4. The number of thiophene rings is 1. The molecule has 1 aliphatic heterocycles. The molecule has 1 aromatic heterocycles. The molecule has 1 saturated heterocycles. The van der Waals surface area contributed by atoms with E-state index in [4.69, 9.17) is 25.8 Å². The highest BCUT2D eigenvalue weighted by Gasteiger charge is 2.59. The summed E-state index contributed by atoms with van der Waals surface area (Å²) in [4.78, 5) is 1.07. The van der Waals surface area contributed by atoms with E-state index in [1.165, 1.54) is 14.0 Å². The fraction of sp³-hybridized carbons (Fsp3) is 0.417. The largest absolute Gasteiger partial charge is 0.497 e. The SMILES string of the molecule is COc1ccc2sc(Cc3cc([C@]4(OC)O[C@](C)(CO)[C@@H](O)C(O)[C@H]4O)ccc3Cl)cc2c1. The van der Waals surface area contributed by atoms with Crippen LogP contribution in [-0.2, 0) is 21.7 Å². The van der Waals surface area contributed by atoms with Crippen LogP contribution >= 0.6 is 22.9 Å². The summed E-state index contributed by atoms with van der Waals surface area (Å²) in [5.74, 6) is -1.03. The molecule has 0 amide bonds. The van der Waals surface area contributed by atoms with Crippen LogP contribution in [-0.4, -0.2) is 65.2 Å². The Bertz CT molecular complexity index is 1150. The number of hydrogen-bond donors (Lipinski definition) is 4. The summed E-state index contributed by atoms with van der Waals surface area (Å²) in [6.07, 6.45) is -4.20. The van der Waals surface area contributed by atoms with Gasteiger partial charge in [-0.25, -0.2) is 0 Å². The maximum Gasteiger partial charge on any atom is 0.225 e. The molecule has 5 atom stereocenters. The minimum absolute atomic E-state index is 0.408. The molecule has 1 aliphatic rings. The molecule has 0 bridgehead atoms. The highest BCUT2D eigenvalue weighted by atomic mass is 35.5. The molecule has 0 saturated carbocycles. The van der Waals surface area contributed by atoms with Crippen LogP contribution in [0.15, 0.2) is 42.5 Å². The van der Waals surface area contributed by atoms with Crippen LogP contribution in [0.4, 0.5) is 0 Å². The highest BCUT2D eigenvalue weighted by Crippen LogP contribution is 2.44. The van der Waals surface area contributed by atoms with Crippen molar-refractivity contribution in [1.29, 1.82) is 0 Å². The van der Waals surface area contributed by atoms with Gasteiger partial charge in [-0.1, -0.05) is 17.7 Å². The smallest absolute Gasteiger partial charge is 0.225 e. The lowest BCUT2D eigenvalue weighted by Gasteiger charge is -2.52. The van der Waals surface area contributed by atoms with E-state index in [1.54, 1.807) is 36.6 Å². The standard InChI is InChI=1S/C24H27ClO7S/c1-23(12-26)21(28)20(27)22(29)24(31-3,32-23)15-4-6-18(25)13(8-15)10-17-11-14-9-16(30-2)5-7-19(14)33-17/h4-9,11,20-22,26-29H,10,12H2,1-3H3/t20?,21-,22+,23+,24-/m0/s1. The Morgan fingerprint density at radius 1 is 1.06 bits per heavy atom. The lowest BCUT2D eigenvalue weighted by Crippen LogP contribution is -2.69. The van der Waals surface area contributed by atoms with Crippen molar-refractivity contribution in [1.82, 2.24) is 0 Å². The molecule has 7 nitrogen and oxygen atoms in total. The third-order valence-corrected chi connectivity index (χ3v) is 7.74. The van der Waals surface area contributed by atoms with Crippen LogP contribution < -0.4 is 4.74 Å². The summed E-state index contributed by atoms with van der Waals surface area (Å²) >= 11 is 8.14. The Labute approximate surface area is 200 Å². The number of rotatable bonds is 6. The van der Waals surface area contributed by atoms with Gasteiger partial charge in [-0.05, 0) is 54.3 Å². The van der Waals surface area contributed by atoms with Crippen molar-refractivity contribution in [3.63, 3.8) is 0 Å². The number of halogens is 1. The monoisotopic (exact) mass is 494 g/mol. The predicted octanol–water partition coefficient (Wildman–Crippen LogP) is 2.82. The molecule has 4 N–H and O–H groups in total. The van der Waals surface area contributed by atoms with Gasteiger partial charge in [-0.2, -0.15) is 0 Å². The molecule has 9 heteroatoms. The van der Waals surface area contributed by atoms with E-state index in [0.717, 1.165) is 26.3 Å². The number of ether oxygens (including phenoxy) is 3. The first-order valence-electron chi connectivity index (χ1n) is 10.4. The molecule has 178 valence electrons. The number of aliphatic hydroxyl groups excluding tert-OH is 4. The molecule has 1 fully saturated rings. The first kappa shape index (κ1) is 24.4. The zero-order chi connectivity index (χ0) is 24.0. The maximum absolute atomic E-state index is 10.8. The molecule has 4 rings (SSSR count). The number of hydrogen-bond acceptors (Lipinski definition) is 8. The molecule has 1 unspecified atom stereocenters. The fourth-order valence-electron chi connectivity index (χ4n) is 4.27. The van der Waals surface area contributed by atoms with Crippen molar-refractivity contribution in [2.24, 2.45) is 0 Å². The average molecular weight is 495 g/mol. The van der Waals surface area contributed by atoms with Gasteiger partial charge in [0.25, 0.3) is 0 Å². The van der Waals surface area contributed by atoms with Gasteiger partial charge in [-0.3, -0.25) is 0 Å². The molecule has 3 aromatic rings. The first-order chi connectivity index (χ1) is 15.7. The van der Waals surface area contributed by atoms with Crippen molar-refractivity contribution >= 4 is 33.0 Å². The second-order valence-electron chi connectivity index (χ2n) is 8.42. The molecule has 0 radical (unpaired) electrons. The van der Waals surface area contributed by atoms with Crippen LogP contribution in [0.1, 0.15) is 22.9 Å². The summed E-state index contributed by atoms with van der Waals surface area (Å²) in [5, 5.41) is 43.2. The second-order valence-corrected chi connectivity index (χ2v) is 10.00. The van der Waals surface area contributed by atoms with Gasteiger partial charge in [0.1, 0.15) is 29.7 Å². The lowest BCUT2D eigenvalue weighted by atomic mass is 9.82. The second kappa shape index (κ2) is 9.13. The molecule has 0 spiro atoms. The lowest BCUT2D eigenvalue weighted by molar-refractivity contribution is -0.393. The van der Waals surface area contributed by atoms with Crippen molar-refractivity contribution in [3.8, 4) is 5.75 Å². The van der Waals surface area contributed by atoms with E-state index in [2.05, 4.69) is 6.07 Å². The first-order valence-corrected chi connectivity index (χ1v) is 11.6. The molecule has 0 aliphatic carbocycles. The van der Waals surface area contributed by atoms with Gasteiger partial charge in [0.05, 0.1) is 13.7 Å². The summed E-state index contributed by atoms with van der Waals surface area (Å²) in [7, 11) is 2.96. The van der Waals surface area contributed by atoms with E-state index >= 15 is 0 Å². The van der Waals surface area contributed by atoms with Gasteiger partial charge in [-0.15, -0.1) is 11.3 Å². The van der Waals surface area contributed by atoms with E-state index in [0.29, 0.717) is 17.0 Å². The molecule has 2 heterocycles. The predicted molar refractivity (Wildman–Crippen MR) is 126 cm³/mol. The minimum Gasteiger partial charge on any atom is -0.497 e. The Morgan fingerprint density at radius 2 is 1.82 bits per heavy atom. The zero-order valence-electron chi connectivity index (χ0n) is 18.5. The normalized spacial score (nSPS) is 30.0. The Morgan fingerprint density at radius 3 is 2.48 bits per heavy atom.